The van der Waals surface area contributed by atoms with E-state index < -0.39 is 57.6 Å². The second kappa shape index (κ2) is 32.7. The number of rotatable bonds is 24. The Morgan fingerprint density at radius 2 is 0.800 bits per heavy atom. The van der Waals surface area contributed by atoms with Crippen LogP contribution in [0.5, 0.6) is 0 Å². The van der Waals surface area contributed by atoms with Crippen molar-refractivity contribution in [2.45, 2.75) is 105 Å². The Labute approximate surface area is 245 Å². The van der Waals surface area contributed by atoms with Gasteiger partial charge in [0.05, 0.1) is 45.1 Å². The van der Waals surface area contributed by atoms with Gasteiger partial charge < -0.3 is 53.9 Å². The van der Waals surface area contributed by atoms with Crippen molar-refractivity contribution in [2.75, 3.05) is 39.6 Å². The Kier molecular flexibility index (Phi) is 37.0. The maximum absolute atomic E-state index is 9.67. The Balaban J connectivity index is -0.000000695. The summed E-state index contributed by atoms with van der Waals surface area (Å²) < 4.78 is 14.3. The third kappa shape index (κ3) is 36.8. The van der Waals surface area contributed by atoms with E-state index in [0.29, 0.717) is 13.2 Å². The van der Waals surface area contributed by atoms with Gasteiger partial charge in [0.1, 0.15) is 0 Å². The van der Waals surface area contributed by atoms with Gasteiger partial charge in [-0.3, -0.25) is 0 Å². The van der Waals surface area contributed by atoms with Crippen LogP contribution in [0, 0.1) is 17.3 Å². The molecule has 15 heteroatoms. The summed E-state index contributed by atoms with van der Waals surface area (Å²) in [4.78, 5) is 40.9. The number of aliphatic hydroxyl groups is 4. The van der Waals surface area contributed by atoms with Gasteiger partial charge in [-0.1, -0.05) is 91.9 Å². The molecule has 0 amide bonds. The Bertz CT molecular complexity index is 440. The van der Waals surface area contributed by atoms with Crippen LogP contribution in [0.4, 0.5) is 0 Å². The normalized spacial score (nSPS) is 11.8. The van der Waals surface area contributed by atoms with Crippen LogP contribution in [0.15, 0.2) is 0 Å². The third-order valence-corrected chi connectivity index (χ3v) is 7.72. The van der Waals surface area contributed by atoms with Crippen molar-refractivity contribution in [1.29, 1.82) is 0 Å². The fourth-order valence-electron chi connectivity index (χ4n) is 3.06. The third-order valence-electron chi connectivity index (χ3n) is 5.74. The van der Waals surface area contributed by atoms with Crippen LogP contribution in [0.25, 0.3) is 0 Å². The first-order chi connectivity index (χ1) is 18.9. The molecule has 0 radical (unpaired) electrons. The average molecular weight is 645 g/mol. The molecule has 0 aliphatic carbocycles. The minimum atomic E-state index is -2.61. The van der Waals surface area contributed by atoms with E-state index in [1.165, 1.54) is 64.2 Å². The number of unbranched alkanes of at least 4 members (excludes halogenated alkanes) is 8. The maximum Gasteiger partial charge on any atom is 0.334 e. The lowest BCUT2D eigenvalue weighted by atomic mass is 9.93. The molecule has 12 nitrogen and oxygen atoms in total. The SMILES string of the molecule is CC(C)CCCCCCCOP(O)OCCCCCCCC(C)C.OCC(CO)(CO)CO.OP(O)OP(O)O. The summed E-state index contributed by atoms with van der Waals surface area (Å²) in [6.07, 6.45) is 15.0. The highest BCUT2D eigenvalue weighted by Crippen LogP contribution is 2.41. The van der Waals surface area contributed by atoms with Crippen LogP contribution < -0.4 is 0 Å². The van der Waals surface area contributed by atoms with E-state index in [9.17, 15) is 4.89 Å². The number of hydrogen-bond acceptors (Lipinski definition) is 12. The molecule has 0 heterocycles. The summed E-state index contributed by atoms with van der Waals surface area (Å²) in [6.45, 7) is 8.76. The summed E-state index contributed by atoms with van der Waals surface area (Å²) in [5.41, 5.74) is -1.11. The first-order valence-electron chi connectivity index (χ1n) is 14.1. The van der Waals surface area contributed by atoms with E-state index >= 15 is 0 Å². The van der Waals surface area contributed by atoms with Crippen LogP contribution in [-0.4, -0.2) is 84.5 Å². The van der Waals surface area contributed by atoms with E-state index in [2.05, 4.69) is 32.0 Å². The Hall–Kier alpha value is 0.810. The van der Waals surface area contributed by atoms with Gasteiger partial charge in [-0.15, -0.1) is 0 Å². The fourth-order valence-corrected chi connectivity index (χ4v) is 4.23. The molecular formula is C25H59O12P3. The number of aliphatic hydroxyl groups excluding tert-OH is 4. The van der Waals surface area contributed by atoms with Gasteiger partial charge in [0.15, 0.2) is 0 Å². The molecule has 0 aromatic carbocycles. The van der Waals surface area contributed by atoms with Gasteiger partial charge in [0.2, 0.25) is 0 Å². The van der Waals surface area contributed by atoms with Crippen molar-refractivity contribution in [2.24, 2.45) is 17.3 Å². The van der Waals surface area contributed by atoms with Crippen LogP contribution in [0.2, 0.25) is 0 Å². The lowest BCUT2D eigenvalue weighted by Gasteiger charge is -2.23. The second-order valence-electron chi connectivity index (χ2n) is 10.5. The molecule has 0 aromatic heterocycles. The van der Waals surface area contributed by atoms with E-state index in [-0.39, 0.29) is 0 Å². The van der Waals surface area contributed by atoms with Crippen molar-refractivity contribution in [3.8, 4) is 0 Å². The molecule has 0 unspecified atom stereocenters. The molecule has 0 fully saturated rings. The van der Waals surface area contributed by atoms with Crippen molar-refractivity contribution in [1.82, 2.24) is 0 Å². The van der Waals surface area contributed by atoms with Crippen LogP contribution in [0.3, 0.4) is 0 Å². The predicted octanol–water partition coefficient (Wildman–Crippen LogP) is 4.60. The lowest BCUT2D eigenvalue weighted by Crippen LogP contribution is -2.37. The molecule has 0 spiro atoms. The monoisotopic (exact) mass is 644 g/mol. The lowest BCUT2D eigenvalue weighted by molar-refractivity contribution is -0.0328. The zero-order valence-corrected chi connectivity index (χ0v) is 27.7. The molecular weight excluding hydrogens is 585 g/mol. The maximum atomic E-state index is 9.67. The Morgan fingerprint density at radius 1 is 0.500 bits per heavy atom. The smallest absolute Gasteiger partial charge is 0.334 e. The van der Waals surface area contributed by atoms with Crippen molar-refractivity contribution in [3.63, 3.8) is 0 Å². The minimum absolute atomic E-state index is 0.406. The van der Waals surface area contributed by atoms with Crippen molar-refractivity contribution >= 4 is 25.8 Å². The van der Waals surface area contributed by atoms with Gasteiger partial charge >= 0.3 is 25.8 Å². The highest BCUT2D eigenvalue weighted by molar-refractivity contribution is 7.53. The minimum Gasteiger partial charge on any atom is -0.396 e. The van der Waals surface area contributed by atoms with Crippen molar-refractivity contribution < 1.29 is 58.3 Å². The second-order valence-corrected chi connectivity index (χ2v) is 13.2. The predicted molar refractivity (Wildman–Crippen MR) is 161 cm³/mol. The summed E-state index contributed by atoms with van der Waals surface area (Å²) in [6, 6.07) is 0. The molecule has 0 saturated heterocycles. The molecule has 0 aliphatic heterocycles. The molecule has 246 valence electrons. The van der Waals surface area contributed by atoms with E-state index in [0.717, 1.165) is 24.7 Å². The average Bonchev–Trinajstić information content (AvgIpc) is 2.88. The zero-order chi connectivity index (χ0) is 31.2. The highest BCUT2D eigenvalue weighted by atomic mass is 31.2. The molecule has 0 atom stereocenters. The van der Waals surface area contributed by atoms with Crippen molar-refractivity contribution in [3.05, 3.63) is 0 Å². The number of hydrogen-bond donors (Lipinski definition) is 9. The molecule has 0 rings (SSSR count). The summed E-state index contributed by atoms with van der Waals surface area (Å²) >= 11 is 0. The quantitative estimate of drug-likeness (QED) is 0.0522. The van der Waals surface area contributed by atoms with Gasteiger partial charge in [-0.2, -0.15) is 0 Å². The van der Waals surface area contributed by atoms with Gasteiger partial charge in [-0.25, -0.2) is 4.31 Å². The van der Waals surface area contributed by atoms with E-state index in [1.807, 2.05) is 0 Å². The van der Waals surface area contributed by atoms with E-state index in [4.69, 9.17) is 49.0 Å². The topological polar surface area (TPSA) is 210 Å². The van der Waals surface area contributed by atoms with Gasteiger partial charge in [-0.05, 0) is 24.7 Å². The zero-order valence-electron chi connectivity index (χ0n) is 25.0. The van der Waals surface area contributed by atoms with Gasteiger partial charge in [0, 0.05) is 0 Å². The summed E-state index contributed by atoms with van der Waals surface area (Å²) in [5.74, 6) is 1.65. The summed E-state index contributed by atoms with van der Waals surface area (Å²) in [5, 5.41) is 34.0. The molecule has 0 bridgehead atoms. The van der Waals surface area contributed by atoms with Crippen LogP contribution in [0.1, 0.15) is 105 Å². The Morgan fingerprint density at radius 3 is 1.02 bits per heavy atom. The highest BCUT2D eigenvalue weighted by Gasteiger charge is 2.26. The summed E-state index contributed by atoms with van der Waals surface area (Å²) in [7, 11) is -6.88. The van der Waals surface area contributed by atoms with Gasteiger partial charge in [0.25, 0.3) is 0 Å². The largest absolute Gasteiger partial charge is 0.396 e. The molecule has 9 N–H and O–H groups in total. The molecule has 40 heavy (non-hydrogen) atoms. The molecule has 0 saturated carbocycles. The fraction of sp³-hybridized carbons (Fsp3) is 1.00. The van der Waals surface area contributed by atoms with Crippen LogP contribution in [-0.2, 0) is 13.4 Å². The first-order valence-corrected chi connectivity index (χ1v) is 17.6. The van der Waals surface area contributed by atoms with E-state index in [1.54, 1.807) is 0 Å². The standard InChI is InChI=1S/C20H43O3P.C5H12O4.H4O5P2/c1-19(2)15-11-7-5-9-13-17-22-24(21)23-18-14-10-6-8-12-16-20(3)4;6-1-5(2-7,3-8)4-9;1-6(2)5-7(3)4/h19-21H,5-18H2,1-4H3;6-9H,1-4H2;1-4H. The molecule has 0 aliphatic rings. The molecule has 0 aromatic rings. The first kappa shape index (κ1) is 45.2. The van der Waals surface area contributed by atoms with Crippen LogP contribution >= 0.6 is 25.8 Å².